The number of hydrogen-bond acceptors (Lipinski definition) is 10. The summed E-state index contributed by atoms with van der Waals surface area (Å²) in [4.78, 5) is 20.2. The number of carbonyl (C=O) groups excluding carboxylic acids is 1. The molecule has 1 spiro atoms. The van der Waals surface area contributed by atoms with E-state index in [2.05, 4.69) is 30.3 Å². The summed E-state index contributed by atoms with van der Waals surface area (Å²) in [7, 11) is 0. The summed E-state index contributed by atoms with van der Waals surface area (Å²) in [5.74, 6) is 0.337. The van der Waals surface area contributed by atoms with Crippen LogP contribution in [0.4, 0.5) is 0 Å². The van der Waals surface area contributed by atoms with E-state index in [9.17, 15) is 9.90 Å². The van der Waals surface area contributed by atoms with E-state index >= 15 is 0 Å². The Labute approximate surface area is 179 Å². The molecule has 11 nitrogen and oxygen atoms in total. The molecule has 1 N–H and O–H groups in total. The van der Waals surface area contributed by atoms with Gasteiger partial charge in [-0.2, -0.15) is 4.68 Å². The van der Waals surface area contributed by atoms with Crippen molar-refractivity contribution in [3.63, 3.8) is 0 Å². The summed E-state index contributed by atoms with van der Waals surface area (Å²) in [6.07, 6.45) is 5.87. The lowest BCUT2D eigenvalue weighted by atomic mass is 9.89. The van der Waals surface area contributed by atoms with Crippen LogP contribution in [0.2, 0.25) is 0 Å². The van der Waals surface area contributed by atoms with Crippen LogP contribution in [-0.4, -0.2) is 97.6 Å². The van der Waals surface area contributed by atoms with Crippen molar-refractivity contribution in [1.82, 2.24) is 35.0 Å². The number of piperidine rings is 1. The van der Waals surface area contributed by atoms with Crippen molar-refractivity contribution in [2.45, 2.75) is 24.5 Å². The molecule has 2 saturated heterocycles. The second kappa shape index (κ2) is 8.33. The van der Waals surface area contributed by atoms with E-state index in [-0.39, 0.29) is 11.6 Å². The molecule has 2 aromatic rings. The molecule has 2 aromatic heterocycles. The Morgan fingerprint density at radius 3 is 2.77 bits per heavy atom. The van der Waals surface area contributed by atoms with Crippen molar-refractivity contribution in [3.8, 4) is 5.82 Å². The number of rotatable bonds is 5. The number of pyridine rings is 1. The Morgan fingerprint density at radius 1 is 1.23 bits per heavy atom. The molecule has 3 aliphatic rings. The number of tetrazole rings is 1. The minimum atomic E-state index is -0.625. The molecule has 0 bridgehead atoms. The van der Waals surface area contributed by atoms with Crippen molar-refractivity contribution in [1.29, 1.82) is 0 Å². The molecule has 3 aliphatic heterocycles. The molecule has 31 heavy (non-hydrogen) atoms. The summed E-state index contributed by atoms with van der Waals surface area (Å²) in [6, 6.07) is 3.64. The van der Waals surface area contributed by atoms with Gasteiger partial charge in [0.05, 0.1) is 24.0 Å². The largest absolute Gasteiger partial charge is 0.456 e. The topological polar surface area (TPSA) is 119 Å². The first kappa shape index (κ1) is 20.0. The number of aliphatic hydroxyl groups excluding tert-OH is 1. The summed E-state index contributed by atoms with van der Waals surface area (Å²) in [5.41, 5.74) is 1.50. The first-order valence-electron chi connectivity index (χ1n) is 10.5. The Bertz CT molecular complexity index is 939. The molecule has 0 saturated carbocycles. The second-order valence-corrected chi connectivity index (χ2v) is 8.22. The predicted octanol–water partition coefficient (Wildman–Crippen LogP) is -0.302. The fourth-order valence-corrected chi connectivity index (χ4v) is 4.43. The fourth-order valence-electron chi connectivity index (χ4n) is 4.43. The van der Waals surface area contributed by atoms with Crippen LogP contribution < -0.4 is 0 Å². The molecule has 0 unspecified atom stereocenters. The molecule has 0 amide bonds. The quantitative estimate of drug-likeness (QED) is 0.637. The van der Waals surface area contributed by atoms with Crippen LogP contribution in [0.3, 0.4) is 0 Å². The number of carbonyl (C=O) groups is 1. The van der Waals surface area contributed by atoms with Gasteiger partial charge in [0.25, 0.3) is 0 Å². The lowest BCUT2D eigenvalue weighted by molar-refractivity contribution is -0.136. The van der Waals surface area contributed by atoms with E-state index in [4.69, 9.17) is 9.47 Å². The van der Waals surface area contributed by atoms with Gasteiger partial charge < -0.3 is 24.4 Å². The van der Waals surface area contributed by atoms with Crippen LogP contribution in [0.15, 0.2) is 36.4 Å². The minimum absolute atomic E-state index is 0.207. The van der Waals surface area contributed by atoms with Gasteiger partial charge in [-0.25, -0.2) is 9.78 Å². The van der Waals surface area contributed by atoms with Gasteiger partial charge in [0.1, 0.15) is 12.9 Å². The highest BCUT2D eigenvalue weighted by molar-refractivity contribution is 5.85. The zero-order valence-electron chi connectivity index (χ0n) is 17.1. The molecule has 0 radical (unpaired) electrons. The monoisotopic (exact) mass is 427 g/mol. The van der Waals surface area contributed by atoms with Crippen molar-refractivity contribution >= 4 is 5.97 Å². The van der Waals surface area contributed by atoms with Gasteiger partial charge in [0.15, 0.2) is 5.82 Å². The van der Waals surface area contributed by atoms with Crippen LogP contribution in [-0.2, 0) is 14.3 Å². The third-order valence-electron chi connectivity index (χ3n) is 6.24. The summed E-state index contributed by atoms with van der Waals surface area (Å²) in [6.45, 7) is 4.78. The van der Waals surface area contributed by atoms with E-state index in [0.29, 0.717) is 25.6 Å². The summed E-state index contributed by atoms with van der Waals surface area (Å²) in [5, 5.41) is 21.7. The number of aliphatic hydroxyl groups is 1. The Balaban J connectivity index is 1.15. The number of likely N-dealkylation sites (tertiary alicyclic amines) is 1. The molecular weight excluding hydrogens is 402 g/mol. The molecule has 5 heterocycles. The lowest BCUT2D eigenvalue weighted by Gasteiger charge is -2.48. The van der Waals surface area contributed by atoms with E-state index in [1.165, 1.54) is 11.0 Å². The molecule has 2 fully saturated rings. The maximum absolute atomic E-state index is 11.4. The zero-order valence-corrected chi connectivity index (χ0v) is 17.1. The van der Waals surface area contributed by atoms with Gasteiger partial charge in [-0.15, -0.1) is 5.10 Å². The molecule has 164 valence electrons. The third kappa shape index (κ3) is 4.29. The van der Waals surface area contributed by atoms with Gasteiger partial charge in [-0.1, -0.05) is 6.07 Å². The van der Waals surface area contributed by atoms with Gasteiger partial charge >= 0.3 is 5.97 Å². The number of cyclic esters (lactones) is 1. The molecule has 5 rings (SSSR count). The van der Waals surface area contributed by atoms with Crippen molar-refractivity contribution < 1.29 is 19.4 Å². The van der Waals surface area contributed by atoms with E-state index < -0.39 is 6.10 Å². The van der Waals surface area contributed by atoms with Crippen molar-refractivity contribution in [2.75, 3.05) is 45.9 Å². The maximum atomic E-state index is 11.4. The van der Waals surface area contributed by atoms with Crippen LogP contribution >= 0.6 is 0 Å². The number of β-amino-alcohol motifs (C(OH)–C–C–N with tert-alkyl or cyclic N) is 1. The fraction of sp³-hybridized carbons (Fsp3) is 0.550. The Kier molecular flexibility index (Phi) is 5.38. The molecule has 0 aliphatic carbocycles. The highest BCUT2D eigenvalue weighted by Crippen LogP contribution is 2.32. The molecule has 11 heteroatoms. The van der Waals surface area contributed by atoms with Crippen LogP contribution in [0.5, 0.6) is 0 Å². The average Bonchev–Trinajstić information content (AvgIpc) is 3.48. The zero-order chi connectivity index (χ0) is 21.3. The lowest BCUT2D eigenvalue weighted by Crippen LogP contribution is -2.56. The highest BCUT2D eigenvalue weighted by atomic mass is 16.5. The molecule has 0 aromatic carbocycles. The number of nitrogens with zero attached hydrogens (tertiary/aromatic N) is 7. The third-order valence-corrected chi connectivity index (χ3v) is 6.24. The smallest absolute Gasteiger partial charge is 0.333 e. The predicted molar refractivity (Wildman–Crippen MR) is 107 cm³/mol. The number of esters is 1. The van der Waals surface area contributed by atoms with Crippen LogP contribution in [0.25, 0.3) is 5.82 Å². The van der Waals surface area contributed by atoms with Crippen molar-refractivity contribution in [3.05, 3.63) is 42.0 Å². The number of ether oxygens (including phenoxy) is 2. The van der Waals surface area contributed by atoms with E-state index in [0.717, 1.165) is 50.3 Å². The van der Waals surface area contributed by atoms with Gasteiger partial charge in [0, 0.05) is 50.6 Å². The Hall–Kier alpha value is -2.89. The first-order valence-corrected chi connectivity index (χ1v) is 10.5. The maximum Gasteiger partial charge on any atom is 0.333 e. The van der Waals surface area contributed by atoms with Gasteiger partial charge in [-0.3, -0.25) is 0 Å². The standard InChI is InChI=1S/C20H25N7O4/c28-17(15-1-2-18(21-10-15)27-14-22-23-24-27)11-25-5-3-20(4-6-25)13-26(7-8-31-20)16-9-19(29)30-12-16/h1-2,9-10,14,17,28H,3-8,11-13H2/t17-/m0/s1. The van der Waals surface area contributed by atoms with Crippen LogP contribution in [0.1, 0.15) is 24.5 Å². The number of morpholine rings is 1. The molecular formula is C20H25N7O4. The van der Waals surface area contributed by atoms with Gasteiger partial charge in [0.2, 0.25) is 0 Å². The molecule has 1 atom stereocenters. The van der Waals surface area contributed by atoms with Gasteiger partial charge in [-0.05, 0) is 29.3 Å². The first-order chi connectivity index (χ1) is 15.1. The van der Waals surface area contributed by atoms with E-state index in [1.54, 1.807) is 18.3 Å². The number of aromatic nitrogens is 5. The second-order valence-electron chi connectivity index (χ2n) is 8.22. The average molecular weight is 427 g/mol. The normalized spacial score (nSPS) is 22.4. The van der Waals surface area contributed by atoms with E-state index in [1.807, 2.05) is 6.07 Å². The minimum Gasteiger partial charge on any atom is -0.456 e. The van der Waals surface area contributed by atoms with Crippen molar-refractivity contribution in [2.24, 2.45) is 0 Å². The highest BCUT2D eigenvalue weighted by Gasteiger charge is 2.41. The number of hydrogen-bond donors (Lipinski definition) is 1. The SMILES string of the molecule is O=C1C=C(N2CCOC3(CCN(C[C@H](O)c4ccc(-n5cnnn5)nc4)CC3)C2)CO1. The summed E-state index contributed by atoms with van der Waals surface area (Å²) < 4.78 is 12.7. The summed E-state index contributed by atoms with van der Waals surface area (Å²) >= 11 is 0. The van der Waals surface area contributed by atoms with Crippen LogP contribution in [0, 0.1) is 0 Å². The Morgan fingerprint density at radius 2 is 2.10 bits per heavy atom.